The summed E-state index contributed by atoms with van der Waals surface area (Å²) in [5.74, 6) is 0. The number of sulfonamides is 1. The van der Waals surface area contributed by atoms with Gasteiger partial charge in [0, 0.05) is 26.2 Å². The fourth-order valence-corrected chi connectivity index (χ4v) is 4.76. The van der Waals surface area contributed by atoms with Gasteiger partial charge < -0.3 is 4.90 Å². The van der Waals surface area contributed by atoms with E-state index in [4.69, 9.17) is 23.2 Å². The van der Waals surface area contributed by atoms with E-state index in [1.807, 2.05) is 4.90 Å². The Morgan fingerprint density at radius 2 is 1.35 bits per heavy atom. The molecule has 4 nitrogen and oxygen atoms in total. The molecule has 122 valence electrons. The largest absolute Gasteiger partial charge is 0.366 e. The molecule has 0 amide bonds. The molecule has 0 saturated carbocycles. The third-order valence-electron chi connectivity index (χ3n) is 3.87. The van der Waals surface area contributed by atoms with Crippen molar-refractivity contribution >= 4 is 38.9 Å². The molecule has 0 spiro atoms. The summed E-state index contributed by atoms with van der Waals surface area (Å²) in [5.41, 5.74) is 0.771. The van der Waals surface area contributed by atoms with Crippen molar-refractivity contribution in [3.8, 4) is 0 Å². The highest BCUT2D eigenvalue weighted by Gasteiger charge is 2.29. The van der Waals surface area contributed by atoms with Gasteiger partial charge in [0.2, 0.25) is 10.0 Å². The van der Waals surface area contributed by atoms with E-state index in [0.717, 1.165) is 5.69 Å². The standard InChI is InChI=1S/C16H16Cl2N2O2S/c17-14-7-4-8-15(18)16(14)19-9-11-20(12-10-19)23(21,22)13-5-2-1-3-6-13/h1-8H,9-12H2. The minimum Gasteiger partial charge on any atom is -0.366 e. The summed E-state index contributed by atoms with van der Waals surface area (Å²) < 4.78 is 26.7. The van der Waals surface area contributed by atoms with Gasteiger partial charge in [0.15, 0.2) is 0 Å². The monoisotopic (exact) mass is 370 g/mol. The van der Waals surface area contributed by atoms with Crippen LogP contribution in [0.5, 0.6) is 0 Å². The zero-order valence-electron chi connectivity index (χ0n) is 12.3. The second-order valence-electron chi connectivity index (χ2n) is 5.27. The van der Waals surface area contributed by atoms with Gasteiger partial charge in [-0.05, 0) is 24.3 Å². The molecule has 0 bridgehead atoms. The van der Waals surface area contributed by atoms with Gasteiger partial charge in [-0.1, -0.05) is 47.5 Å². The van der Waals surface area contributed by atoms with E-state index in [0.29, 0.717) is 41.1 Å². The van der Waals surface area contributed by atoms with Crippen LogP contribution in [0.1, 0.15) is 0 Å². The van der Waals surface area contributed by atoms with Gasteiger partial charge in [0.05, 0.1) is 20.6 Å². The Balaban J connectivity index is 1.77. The fraction of sp³-hybridized carbons (Fsp3) is 0.250. The highest BCUT2D eigenvalue weighted by molar-refractivity contribution is 7.89. The first-order valence-corrected chi connectivity index (χ1v) is 9.44. The molecule has 0 unspecified atom stereocenters. The van der Waals surface area contributed by atoms with Crippen LogP contribution >= 0.6 is 23.2 Å². The average molecular weight is 371 g/mol. The number of hydrogen-bond donors (Lipinski definition) is 0. The number of rotatable bonds is 3. The fourth-order valence-electron chi connectivity index (χ4n) is 2.68. The third kappa shape index (κ3) is 3.33. The van der Waals surface area contributed by atoms with Crippen LogP contribution in [0, 0.1) is 0 Å². The van der Waals surface area contributed by atoms with Crippen LogP contribution in [0.2, 0.25) is 10.0 Å². The Bertz CT molecular complexity index is 769. The SMILES string of the molecule is O=S(=O)(c1ccccc1)N1CCN(c2c(Cl)cccc2Cl)CC1. The molecule has 1 fully saturated rings. The molecule has 1 heterocycles. The zero-order valence-corrected chi connectivity index (χ0v) is 14.7. The number of hydrogen-bond acceptors (Lipinski definition) is 3. The van der Waals surface area contributed by atoms with Crippen molar-refractivity contribution in [1.82, 2.24) is 4.31 Å². The molecular weight excluding hydrogens is 355 g/mol. The highest BCUT2D eigenvalue weighted by Crippen LogP contribution is 2.34. The van der Waals surface area contributed by atoms with Crippen LogP contribution in [0.4, 0.5) is 5.69 Å². The van der Waals surface area contributed by atoms with Gasteiger partial charge in [0.1, 0.15) is 0 Å². The maximum Gasteiger partial charge on any atom is 0.243 e. The summed E-state index contributed by atoms with van der Waals surface area (Å²) in [6, 6.07) is 13.9. The van der Waals surface area contributed by atoms with E-state index in [2.05, 4.69) is 0 Å². The van der Waals surface area contributed by atoms with Crippen LogP contribution in [0.3, 0.4) is 0 Å². The van der Waals surface area contributed by atoms with E-state index < -0.39 is 10.0 Å². The van der Waals surface area contributed by atoms with Crippen LogP contribution < -0.4 is 4.90 Å². The normalized spacial score (nSPS) is 16.5. The van der Waals surface area contributed by atoms with Gasteiger partial charge in [0.25, 0.3) is 0 Å². The molecule has 0 radical (unpaired) electrons. The lowest BCUT2D eigenvalue weighted by molar-refractivity contribution is 0.385. The lowest BCUT2D eigenvalue weighted by Crippen LogP contribution is -2.48. The minimum absolute atomic E-state index is 0.323. The molecule has 1 aliphatic heterocycles. The van der Waals surface area contributed by atoms with Crippen molar-refractivity contribution in [3.05, 3.63) is 58.6 Å². The molecule has 7 heteroatoms. The topological polar surface area (TPSA) is 40.6 Å². The molecule has 0 N–H and O–H groups in total. The second-order valence-corrected chi connectivity index (χ2v) is 8.03. The second kappa shape index (κ2) is 6.69. The molecule has 1 aliphatic rings. The summed E-state index contributed by atoms with van der Waals surface area (Å²) in [6.45, 7) is 1.91. The Kier molecular flexibility index (Phi) is 4.82. The quantitative estimate of drug-likeness (QED) is 0.829. The Morgan fingerprint density at radius 1 is 0.783 bits per heavy atom. The van der Waals surface area contributed by atoms with E-state index in [1.165, 1.54) is 4.31 Å². The van der Waals surface area contributed by atoms with Gasteiger partial charge in [-0.25, -0.2) is 8.42 Å². The molecule has 23 heavy (non-hydrogen) atoms. The molecule has 1 saturated heterocycles. The smallest absolute Gasteiger partial charge is 0.243 e. The molecule has 3 rings (SSSR count). The van der Waals surface area contributed by atoms with Gasteiger partial charge in [-0.3, -0.25) is 0 Å². The molecular formula is C16H16Cl2N2O2S. The predicted molar refractivity (Wildman–Crippen MR) is 93.9 cm³/mol. The van der Waals surface area contributed by atoms with Crippen molar-refractivity contribution in [2.75, 3.05) is 31.1 Å². The van der Waals surface area contributed by atoms with Crippen LogP contribution in [0.25, 0.3) is 0 Å². The van der Waals surface area contributed by atoms with Crippen molar-refractivity contribution in [1.29, 1.82) is 0 Å². The van der Waals surface area contributed by atoms with Crippen LogP contribution in [0.15, 0.2) is 53.4 Å². The molecule has 0 atom stereocenters. The number of para-hydroxylation sites is 1. The van der Waals surface area contributed by atoms with E-state index >= 15 is 0 Å². The number of piperazine rings is 1. The molecule has 0 aromatic heterocycles. The molecule has 2 aromatic carbocycles. The summed E-state index contributed by atoms with van der Waals surface area (Å²) in [6.07, 6.45) is 0. The minimum atomic E-state index is -3.45. The van der Waals surface area contributed by atoms with Crippen molar-refractivity contribution in [2.24, 2.45) is 0 Å². The zero-order chi connectivity index (χ0) is 16.4. The number of benzene rings is 2. The predicted octanol–water partition coefficient (Wildman–Crippen LogP) is 3.50. The Hall–Kier alpha value is -1.27. The highest BCUT2D eigenvalue weighted by atomic mass is 35.5. The molecule has 0 aliphatic carbocycles. The first kappa shape index (κ1) is 16.6. The maximum atomic E-state index is 12.6. The van der Waals surface area contributed by atoms with Crippen LogP contribution in [-0.4, -0.2) is 38.9 Å². The molecule has 2 aromatic rings. The third-order valence-corrected chi connectivity index (χ3v) is 6.40. The first-order valence-electron chi connectivity index (χ1n) is 7.24. The van der Waals surface area contributed by atoms with E-state index in [-0.39, 0.29) is 0 Å². The maximum absolute atomic E-state index is 12.6. The Labute approximate surface area is 146 Å². The van der Waals surface area contributed by atoms with Gasteiger partial charge >= 0.3 is 0 Å². The van der Waals surface area contributed by atoms with E-state index in [9.17, 15) is 8.42 Å². The number of halogens is 2. The number of nitrogens with zero attached hydrogens (tertiary/aromatic N) is 2. The van der Waals surface area contributed by atoms with E-state index in [1.54, 1.807) is 48.5 Å². The van der Waals surface area contributed by atoms with Crippen molar-refractivity contribution < 1.29 is 8.42 Å². The van der Waals surface area contributed by atoms with Crippen LogP contribution in [-0.2, 0) is 10.0 Å². The Morgan fingerprint density at radius 3 is 1.91 bits per heavy atom. The average Bonchev–Trinajstić information content (AvgIpc) is 2.56. The van der Waals surface area contributed by atoms with Crippen molar-refractivity contribution in [3.63, 3.8) is 0 Å². The summed E-state index contributed by atoms with van der Waals surface area (Å²) in [7, 11) is -3.45. The number of anilines is 1. The van der Waals surface area contributed by atoms with Gasteiger partial charge in [-0.15, -0.1) is 0 Å². The lowest BCUT2D eigenvalue weighted by atomic mass is 10.2. The summed E-state index contributed by atoms with van der Waals surface area (Å²) in [4.78, 5) is 2.35. The summed E-state index contributed by atoms with van der Waals surface area (Å²) in [5, 5.41) is 1.16. The lowest BCUT2D eigenvalue weighted by Gasteiger charge is -2.36. The van der Waals surface area contributed by atoms with Gasteiger partial charge in [-0.2, -0.15) is 4.31 Å². The summed E-state index contributed by atoms with van der Waals surface area (Å²) >= 11 is 12.5. The van der Waals surface area contributed by atoms with Crippen molar-refractivity contribution in [2.45, 2.75) is 4.90 Å². The first-order chi connectivity index (χ1) is 11.0.